The Balaban J connectivity index is 1.98. The van der Waals surface area contributed by atoms with Gasteiger partial charge in [-0.15, -0.1) is 0 Å². The fraction of sp³-hybridized carbons (Fsp3) is 1.00. The van der Waals surface area contributed by atoms with Crippen molar-refractivity contribution in [1.82, 2.24) is 5.32 Å². The van der Waals surface area contributed by atoms with Gasteiger partial charge < -0.3 is 4.74 Å². The van der Waals surface area contributed by atoms with Gasteiger partial charge in [-0.1, -0.05) is 25.7 Å². The van der Waals surface area contributed by atoms with Crippen molar-refractivity contribution < 1.29 is 4.74 Å². The normalized spacial score (nSPS) is 26.2. The highest BCUT2D eigenvalue weighted by atomic mass is 16.5. The van der Waals surface area contributed by atoms with E-state index in [9.17, 15) is 0 Å². The standard InChI is InChI=1S/C16H31NO/c1-15(2,3)18-16(12-8-5-9-13-16)17-14-10-6-4-7-11-14/h14,17H,4-13H2,1-3H3. The van der Waals surface area contributed by atoms with Crippen LogP contribution in [0.15, 0.2) is 0 Å². The van der Waals surface area contributed by atoms with Crippen molar-refractivity contribution in [3.05, 3.63) is 0 Å². The minimum Gasteiger partial charge on any atom is -0.355 e. The molecule has 2 fully saturated rings. The van der Waals surface area contributed by atoms with Gasteiger partial charge in [0.25, 0.3) is 0 Å². The van der Waals surface area contributed by atoms with E-state index in [2.05, 4.69) is 26.1 Å². The molecule has 0 aromatic carbocycles. The zero-order chi connectivity index (χ0) is 13.1. The summed E-state index contributed by atoms with van der Waals surface area (Å²) in [5.41, 5.74) is -0.0719. The molecule has 1 N–H and O–H groups in total. The Bertz CT molecular complexity index is 244. The summed E-state index contributed by atoms with van der Waals surface area (Å²) in [7, 11) is 0. The largest absolute Gasteiger partial charge is 0.355 e. The molecule has 0 bridgehead atoms. The van der Waals surface area contributed by atoms with Gasteiger partial charge in [0.1, 0.15) is 5.72 Å². The molecule has 106 valence electrons. The molecule has 0 atom stereocenters. The first-order valence-electron chi connectivity index (χ1n) is 7.97. The first-order valence-corrected chi connectivity index (χ1v) is 7.97. The lowest BCUT2D eigenvalue weighted by atomic mass is 9.87. The molecule has 0 aliphatic heterocycles. The molecule has 0 aromatic heterocycles. The third-order valence-corrected chi connectivity index (χ3v) is 4.24. The maximum Gasteiger partial charge on any atom is 0.120 e. The zero-order valence-corrected chi connectivity index (χ0v) is 12.6. The number of hydrogen-bond donors (Lipinski definition) is 1. The molecule has 18 heavy (non-hydrogen) atoms. The van der Waals surface area contributed by atoms with Gasteiger partial charge >= 0.3 is 0 Å². The Labute approximate surface area is 113 Å². The third kappa shape index (κ3) is 4.24. The van der Waals surface area contributed by atoms with Crippen LogP contribution >= 0.6 is 0 Å². The molecule has 0 amide bonds. The Kier molecular flexibility index (Phi) is 4.71. The van der Waals surface area contributed by atoms with Crippen LogP contribution in [-0.2, 0) is 4.74 Å². The minimum atomic E-state index is -0.0427. The van der Waals surface area contributed by atoms with Gasteiger partial charge in [0.2, 0.25) is 0 Å². The molecule has 2 rings (SSSR count). The summed E-state index contributed by atoms with van der Waals surface area (Å²) in [4.78, 5) is 0. The number of ether oxygens (including phenoxy) is 1. The van der Waals surface area contributed by atoms with Crippen molar-refractivity contribution in [2.45, 2.75) is 102 Å². The van der Waals surface area contributed by atoms with Gasteiger partial charge in [0, 0.05) is 6.04 Å². The Hall–Kier alpha value is -0.0800. The summed E-state index contributed by atoms with van der Waals surface area (Å²) in [5.74, 6) is 0. The van der Waals surface area contributed by atoms with Gasteiger partial charge in [-0.25, -0.2) is 0 Å². The average Bonchev–Trinajstić information content (AvgIpc) is 2.28. The minimum absolute atomic E-state index is 0.0293. The van der Waals surface area contributed by atoms with Crippen molar-refractivity contribution in [3.63, 3.8) is 0 Å². The molecular formula is C16H31NO. The molecule has 2 heteroatoms. The molecular weight excluding hydrogens is 222 g/mol. The van der Waals surface area contributed by atoms with Crippen LogP contribution in [0.5, 0.6) is 0 Å². The second-order valence-corrected chi connectivity index (χ2v) is 7.25. The molecule has 2 saturated carbocycles. The van der Waals surface area contributed by atoms with E-state index in [0.29, 0.717) is 6.04 Å². The molecule has 0 heterocycles. The highest BCUT2D eigenvalue weighted by Gasteiger charge is 2.38. The molecule has 0 unspecified atom stereocenters. The van der Waals surface area contributed by atoms with Crippen molar-refractivity contribution >= 4 is 0 Å². The van der Waals surface area contributed by atoms with Crippen LogP contribution in [0, 0.1) is 0 Å². The Morgan fingerprint density at radius 1 is 0.889 bits per heavy atom. The second kappa shape index (κ2) is 5.92. The predicted octanol–water partition coefficient (Wildman–Crippen LogP) is 4.38. The first kappa shape index (κ1) is 14.3. The van der Waals surface area contributed by atoms with Crippen LogP contribution < -0.4 is 5.32 Å². The van der Waals surface area contributed by atoms with Crippen LogP contribution in [0.1, 0.15) is 85.0 Å². The van der Waals surface area contributed by atoms with Crippen LogP contribution in [0.2, 0.25) is 0 Å². The molecule has 0 radical (unpaired) electrons. The summed E-state index contributed by atoms with van der Waals surface area (Å²) in [6, 6.07) is 0.694. The number of nitrogens with one attached hydrogen (secondary N) is 1. The Morgan fingerprint density at radius 2 is 1.44 bits per heavy atom. The zero-order valence-electron chi connectivity index (χ0n) is 12.6. The van der Waals surface area contributed by atoms with Crippen molar-refractivity contribution in [3.8, 4) is 0 Å². The van der Waals surface area contributed by atoms with Crippen LogP contribution in [0.3, 0.4) is 0 Å². The number of rotatable bonds is 3. The number of hydrogen-bond acceptors (Lipinski definition) is 2. The van der Waals surface area contributed by atoms with Gasteiger partial charge in [-0.3, -0.25) is 5.32 Å². The third-order valence-electron chi connectivity index (χ3n) is 4.24. The predicted molar refractivity (Wildman–Crippen MR) is 76.7 cm³/mol. The summed E-state index contributed by atoms with van der Waals surface area (Å²) in [6.07, 6.45) is 13.3. The van der Waals surface area contributed by atoms with E-state index in [1.807, 2.05) is 0 Å². The lowest BCUT2D eigenvalue weighted by Crippen LogP contribution is -2.56. The molecule has 0 spiro atoms. The fourth-order valence-electron chi connectivity index (χ4n) is 3.60. The van der Waals surface area contributed by atoms with Crippen LogP contribution in [0.25, 0.3) is 0 Å². The quantitative estimate of drug-likeness (QED) is 0.753. The molecule has 0 aromatic rings. The lowest BCUT2D eigenvalue weighted by Gasteiger charge is -2.45. The molecule has 2 aliphatic carbocycles. The van der Waals surface area contributed by atoms with E-state index in [4.69, 9.17) is 4.74 Å². The van der Waals surface area contributed by atoms with E-state index in [-0.39, 0.29) is 11.3 Å². The van der Waals surface area contributed by atoms with Crippen LogP contribution in [-0.4, -0.2) is 17.4 Å². The summed E-state index contributed by atoms with van der Waals surface area (Å²) in [6.45, 7) is 6.56. The SMILES string of the molecule is CC(C)(C)OC1(NC2CCCCC2)CCCCC1. The molecule has 2 nitrogen and oxygen atoms in total. The fourth-order valence-corrected chi connectivity index (χ4v) is 3.60. The van der Waals surface area contributed by atoms with Gasteiger partial charge in [0.15, 0.2) is 0 Å². The molecule has 0 saturated heterocycles. The maximum atomic E-state index is 6.46. The first-order chi connectivity index (χ1) is 8.49. The smallest absolute Gasteiger partial charge is 0.120 e. The van der Waals surface area contributed by atoms with Crippen molar-refractivity contribution in [2.24, 2.45) is 0 Å². The van der Waals surface area contributed by atoms with E-state index in [1.165, 1.54) is 64.2 Å². The lowest BCUT2D eigenvalue weighted by molar-refractivity contribution is -0.172. The van der Waals surface area contributed by atoms with Crippen molar-refractivity contribution in [2.75, 3.05) is 0 Å². The molecule has 2 aliphatic rings. The van der Waals surface area contributed by atoms with E-state index >= 15 is 0 Å². The topological polar surface area (TPSA) is 21.3 Å². The second-order valence-electron chi connectivity index (χ2n) is 7.25. The average molecular weight is 253 g/mol. The Morgan fingerprint density at radius 3 is 2.00 bits per heavy atom. The van der Waals surface area contributed by atoms with Gasteiger partial charge in [-0.05, 0) is 59.3 Å². The van der Waals surface area contributed by atoms with Crippen molar-refractivity contribution in [1.29, 1.82) is 0 Å². The maximum absolute atomic E-state index is 6.46. The van der Waals surface area contributed by atoms with Gasteiger partial charge in [0.05, 0.1) is 5.60 Å². The summed E-state index contributed by atoms with van der Waals surface area (Å²) in [5, 5.41) is 3.91. The van der Waals surface area contributed by atoms with E-state index in [1.54, 1.807) is 0 Å². The van der Waals surface area contributed by atoms with Crippen LogP contribution in [0.4, 0.5) is 0 Å². The van der Waals surface area contributed by atoms with Gasteiger partial charge in [-0.2, -0.15) is 0 Å². The monoisotopic (exact) mass is 253 g/mol. The van der Waals surface area contributed by atoms with E-state index < -0.39 is 0 Å². The van der Waals surface area contributed by atoms with E-state index in [0.717, 1.165) is 0 Å². The highest BCUT2D eigenvalue weighted by Crippen LogP contribution is 2.34. The summed E-state index contributed by atoms with van der Waals surface area (Å²) >= 11 is 0. The highest BCUT2D eigenvalue weighted by molar-refractivity contribution is 4.88. The summed E-state index contributed by atoms with van der Waals surface area (Å²) < 4.78 is 6.46.